The van der Waals surface area contributed by atoms with Crippen molar-refractivity contribution in [2.45, 2.75) is 59.0 Å². The van der Waals surface area contributed by atoms with E-state index in [0.717, 1.165) is 24.4 Å². The van der Waals surface area contributed by atoms with E-state index in [4.69, 9.17) is 10.1 Å². The third-order valence-corrected chi connectivity index (χ3v) is 5.06. The lowest BCUT2D eigenvalue weighted by atomic mass is 9.71. The molecule has 22 heavy (non-hydrogen) atoms. The molecule has 2 aliphatic heterocycles. The van der Waals surface area contributed by atoms with Crippen LogP contribution in [0.1, 0.15) is 58.6 Å². The predicted octanol–water partition coefficient (Wildman–Crippen LogP) is 4.19. The van der Waals surface area contributed by atoms with Crippen LogP contribution < -0.4 is 4.74 Å². The number of hydrogen-bond donors (Lipinski definition) is 1. The first-order valence-corrected chi connectivity index (χ1v) is 8.36. The molecule has 0 aromatic heterocycles. The van der Waals surface area contributed by atoms with Crippen LogP contribution in [0.15, 0.2) is 18.2 Å². The van der Waals surface area contributed by atoms with Crippen LogP contribution >= 0.6 is 0 Å². The molecular formula is C19H28N2O. The van der Waals surface area contributed by atoms with Crippen molar-refractivity contribution in [2.75, 3.05) is 13.1 Å². The van der Waals surface area contributed by atoms with Crippen LogP contribution in [0.4, 0.5) is 0 Å². The zero-order valence-electron chi connectivity index (χ0n) is 14.5. The summed E-state index contributed by atoms with van der Waals surface area (Å²) in [6.45, 7) is 13.3. The summed E-state index contributed by atoms with van der Waals surface area (Å²) in [6, 6.07) is 6.28. The topological polar surface area (TPSA) is 36.3 Å². The average Bonchev–Trinajstić information content (AvgIpc) is 3.04. The van der Waals surface area contributed by atoms with Gasteiger partial charge in [-0.2, -0.15) is 0 Å². The van der Waals surface area contributed by atoms with Gasteiger partial charge in [0.15, 0.2) is 0 Å². The Morgan fingerprint density at radius 2 is 1.86 bits per heavy atom. The molecule has 3 nitrogen and oxygen atoms in total. The van der Waals surface area contributed by atoms with E-state index in [1.807, 2.05) is 6.07 Å². The smallest absolute Gasteiger partial charge is 0.128 e. The molecule has 3 rings (SSSR count). The number of ether oxygens (including phenoxy) is 1. The summed E-state index contributed by atoms with van der Waals surface area (Å²) in [6.07, 6.45) is 2.56. The van der Waals surface area contributed by atoms with Gasteiger partial charge in [0.25, 0.3) is 0 Å². The molecule has 0 spiro atoms. The lowest BCUT2D eigenvalue weighted by Gasteiger charge is -2.36. The van der Waals surface area contributed by atoms with Gasteiger partial charge in [-0.05, 0) is 36.5 Å². The molecule has 120 valence electrons. The van der Waals surface area contributed by atoms with E-state index in [2.05, 4.69) is 51.7 Å². The van der Waals surface area contributed by atoms with Crippen LogP contribution in [0.5, 0.6) is 5.75 Å². The molecule has 0 bridgehead atoms. The monoisotopic (exact) mass is 300 g/mol. The van der Waals surface area contributed by atoms with Crippen LogP contribution in [0, 0.1) is 10.8 Å². The molecule has 1 saturated heterocycles. The van der Waals surface area contributed by atoms with Crippen LogP contribution in [0.3, 0.4) is 0 Å². The molecule has 0 radical (unpaired) electrons. The zero-order chi connectivity index (χ0) is 16.1. The molecule has 0 aliphatic carbocycles. The number of hydrogen-bond acceptors (Lipinski definition) is 2. The highest BCUT2D eigenvalue weighted by atomic mass is 16.5. The van der Waals surface area contributed by atoms with Crippen LogP contribution in [-0.2, 0) is 5.41 Å². The minimum atomic E-state index is -0.0329. The molecule has 1 N–H and O–H groups in total. The lowest BCUT2D eigenvalue weighted by Crippen LogP contribution is -2.42. The van der Waals surface area contributed by atoms with E-state index >= 15 is 0 Å². The van der Waals surface area contributed by atoms with E-state index in [0.29, 0.717) is 5.84 Å². The molecule has 1 fully saturated rings. The second-order valence-corrected chi connectivity index (χ2v) is 8.34. The van der Waals surface area contributed by atoms with Crippen molar-refractivity contribution in [2.24, 2.45) is 5.41 Å². The van der Waals surface area contributed by atoms with E-state index in [1.165, 1.54) is 18.4 Å². The standard InChI is InChI=1S/C19H28N2O/c1-18(2,3)17-19(4,5)14-12-13(8-9-15(14)22-17)16(20)21-10-6-7-11-21/h8-9,12,17,20H,6-7,10-11H2,1-5H3. The Morgan fingerprint density at radius 3 is 2.45 bits per heavy atom. The van der Waals surface area contributed by atoms with Gasteiger partial charge in [0, 0.05) is 29.6 Å². The second kappa shape index (κ2) is 5.00. The Bertz CT molecular complexity index is 592. The Hall–Kier alpha value is -1.51. The first-order chi connectivity index (χ1) is 10.2. The summed E-state index contributed by atoms with van der Waals surface area (Å²) in [5, 5.41) is 8.48. The molecule has 1 aromatic carbocycles. The Labute approximate surface area is 134 Å². The number of fused-ring (bicyclic) bond motifs is 1. The highest BCUT2D eigenvalue weighted by Crippen LogP contribution is 2.48. The lowest BCUT2D eigenvalue weighted by molar-refractivity contribution is 0.0562. The quantitative estimate of drug-likeness (QED) is 0.623. The maximum atomic E-state index is 8.48. The van der Waals surface area contributed by atoms with Crippen molar-refractivity contribution in [3.05, 3.63) is 29.3 Å². The zero-order valence-corrected chi connectivity index (χ0v) is 14.5. The predicted molar refractivity (Wildman–Crippen MR) is 91.0 cm³/mol. The number of rotatable bonds is 1. The highest BCUT2D eigenvalue weighted by Gasteiger charge is 2.47. The average molecular weight is 300 g/mol. The largest absolute Gasteiger partial charge is 0.489 e. The summed E-state index contributed by atoms with van der Waals surface area (Å²) in [7, 11) is 0. The maximum absolute atomic E-state index is 8.48. The number of likely N-dealkylation sites (tertiary alicyclic amines) is 1. The Balaban J connectivity index is 1.94. The fourth-order valence-electron chi connectivity index (χ4n) is 4.08. The van der Waals surface area contributed by atoms with Crippen LogP contribution in [0.2, 0.25) is 0 Å². The third kappa shape index (κ3) is 2.41. The molecule has 1 aromatic rings. The minimum Gasteiger partial charge on any atom is -0.489 e. The van der Waals surface area contributed by atoms with Crippen molar-refractivity contribution in [1.29, 1.82) is 5.41 Å². The van der Waals surface area contributed by atoms with Gasteiger partial charge < -0.3 is 9.64 Å². The molecule has 3 heteroatoms. The molecular weight excluding hydrogens is 272 g/mol. The molecule has 2 aliphatic rings. The van der Waals surface area contributed by atoms with E-state index in [-0.39, 0.29) is 16.9 Å². The molecule has 2 heterocycles. The number of nitrogens with one attached hydrogen (secondary N) is 1. The first-order valence-electron chi connectivity index (χ1n) is 8.36. The second-order valence-electron chi connectivity index (χ2n) is 8.34. The van der Waals surface area contributed by atoms with Crippen molar-refractivity contribution in [3.63, 3.8) is 0 Å². The van der Waals surface area contributed by atoms with Gasteiger partial charge in [-0.15, -0.1) is 0 Å². The molecule has 1 unspecified atom stereocenters. The normalized spacial score (nSPS) is 23.3. The minimum absolute atomic E-state index is 0.0329. The number of amidine groups is 1. The Kier molecular flexibility index (Phi) is 3.50. The fraction of sp³-hybridized carbons (Fsp3) is 0.632. The number of benzene rings is 1. The summed E-state index contributed by atoms with van der Waals surface area (Å²) >= 11 is 0. The van der Waals surface area contributed by atoms with Gasteiger partial charge in [-0.3, -0.25) is 5.41 Å². The SMILES string of the molecule is CC(C)(C)C1Oc2ccc(C(=N)N3CCCC3)cc2C1(C)C. The summed E-state index contributed by atoms with van der Waals surface area (Å²) in [4.78, 5) is 2.19. The maximum Gasteiger partial charge on any atom is 0.128 e. The number of nitrogens with zero attached hydrogens (tertiary/aromatic N) is 1. The van der Waals surface area contributed by atoms with Crippen LogP contribution in [-0.4, -0.2) is 29.9 Å². The van der Waals surface area contributed by atoms with Crippen molar-refractivity contribution >= 4 is 5.84 Å². The highest BCUT2D eigenvalue weighted by molar-refractivity contribution is 5.97. The van der Waals surface area contributed by atoms with Crippen molar-refractivity contribution in [3.8, 4) is 5.75 Å². The van der Waals surface area contributed by atoms with Gasteiger partial charge in [0.2, 0.25) is 0 Å². The van der Waals surface area contributed by atoms with Gasteiger partial charge in [-0.25, -0.2) is 0 Å². The van der Waals surface area contributed by atoms with Crippen molar-refractivity contribution in [1.82, 2.24) is 4.90 Å². The van der Waals surface area contributed by atoms with E-state index in [9.17, 15) is 0 Å². The fourth-order valence-corrected chi connectivity index (χ4v) is 4.08. The van der Waals surface area contributed by atoms with Crippen LogP contribution in [0.25, 0.3) is 0 Å². The van der Waals surface area contributed by atoms with Crippen molar-refractivity contribution < 1.29 is 4.74 Å². The van der Waals surface area contributed by atoms with Gasteiger partial charge in [0.1, 0.15) is 17.7 Å². The Morgan fingerprint density at radius 1 is 1.23 bits per heavy atom. The summed E-state index contributed by atoms with van der Waals surface area (Å²) in [5.74, 6) is 1.65. The van der Waals surface area contributed by atoms with Gasteiger partial charge >= 0.3 is 0 Å². The first kappa shape index (κ1) is 15.4. The summed E-state index contributed by atoms with van der Waals surface area (Å²) in [5.41, 5.74) is 2.32. The van der Waals surface area contributed by atoms with E-state index < -0.39 is 0 Å². The summed E-state index contributed by atoms with van der Waals surface area (Å²) < 4.78 is 6.26. The molecule has 0 amide bonds. The van der Waals surface area contributed by atoms with Gasteiger partial charge in [0.05, 0.1) is 0 Å². The molecule has 0 saturated carbocycles. The molecule has 1 atom stereocenters. The van der Waals surface area contributed by atoms with Gasteiger partial charge in [-0.1, -0.05) is 34.6 Å². The third-order valence-electron chi connectivity index (χ3n) is 5.06. The van der Waals surface area contributed by atoms with E-state index in [1.54, 1.807) is 0 Å².